The molecule has 0 spiro atoms. The monoisotopic (exact) mass is 342 g/mol. The molecule has 17 heavy (non-hydrogen) atoms. The van der Waals surface area contributed by atoms with Crippen LogP contribution in [0.1, 0.15) is 0 Å². The lowest BCUT2D eigenvalue weighted by Crippen LogP contribution is -2.17. The fraction of sp³-hybridized carbons (Fsp3) is 0.250. The van der Waals surface area contributed by atoms with Crippen molar-refractivity contribution in [1.82, 2.24) is 0 Å². The van der Waals surface area contributed by atoms with Gasteiger partial charge in [-0.2, -0.15) is 0 Å². The lowest BCUT2D eigenvalue weighted by atomic mass is 10.3. The summed E-state index contributed by atoms with van der Waals surface area (Å²) >= 11 is 8.44. The number of non-ortho nitro benzene ring substituents is 1. The molecule has 0 aliphatic carbocycles. The Hall–Kier alpha value is -0.860. The van der Waals surface area contributed by atoms with Crippen LogP contribution >= 0.6 is 27.5 Å². The molecule has 6 nitrogen and oxygen atoms in total. The number of nitro benzene ring substituents is 1. The maximum atomic E-state index is 11.4. The van der Waals surface area contributed by atoms with Crippen LogP contribution in [0.15, 0.2) is 22.7 Å². The molecule has 1 N–H and O–H groups in total. The zero-order valence-corrected chi connectivity index (χ0v) is 11.5. The predicted molar refractivity (Wildman–Crippen MR) is 68.9 cm³/mol. The van der Waals surface area contributed by atoms with Crippen molar-refractivity contribution >= 4 is 48.9 Å². The summed E-state index contributed by atoms with van der Waals surface area (Å²) in [5.41, 5.74) is -0.0823. The molecule has 1 aromatic rings. The van der Waals surface area contributed by atoms with Gasteiger partial charge in [0.25, 0.3) is 5.69 Å². The van der Waals surface area contributed by atoms with E-state index in [1.54, 1.807) is 0 Å². The second-order valence-corrected chi connectivity index (χ2v) is 6.11. The summed E-state index contributed by atoms with van der Waals surface area (Å²) in [6.45, 7) is 0. The maximum Gasteiger partial charge on any atom is 0.271 e. The van der Waals surface area contributed by atoms with Crippen molar-refractivity contribution in [3.05, 3.63) is 32.8 Å². The molecule has 0 fully saturated rings. The molecule has 0 amide bonds. The lowest BCUT2D eigenvalue weighted by Gasteiger charge is -2.08. The first-order valence-electron chi connectivity index (χ1n) is 4.36. The second-order valence-electron chi connectivity index (χ2n) is 3.03. The van der Waals surface area contributed by atoms with Crippen LogP contribution < -0.4 is 4.72 Å². The van der Waals surface area contributed by atoms with Crippen molar-refractivity contribution in [2.45, 2.75) is 0 Å². The zero-order valence-electron chi connectivity index (χ0n) is 8.39. The summed E-state index contributed by atoms with van der Waals surface area (Å²) in [6.07, 6.45) is 0. The largest absolute Gasteiger partial charge is 0.282 e. The Bertz CT molecular complexity index is 534. The highest BCUT2D eigenvalue weighted by molar-refractivity contribution is 9.10. The van der Waals surface area contributed by atoms with E-state index < -0.39 is 14.9 Å². The Labute approximate surface area is 111 Å². The summed E-state index contributed by atoms with van der Waals surface area (Å²) in [6, 6.07) is 3.80. The molecular weight excluding hydrogens is 336 g/mol. The zero-order chi connectivity index (χ0) is 13.1. The van der Waals surface area contributed by atoms with E-state index in [2.05, 4.69) is 20.7 Å². The van der Waals surface area contributed by atoms with E-state index in [0.29, 0.717) is 4.47 Å². The predicted octanol–water partition coefficient (Wildman–Crippen LogP) is 2.34. The van der Waals surface area contributed by atoms with Crippen LogP contribution in [0, 0.1) is 10.1 Å². The summed E-state index contributed by atoms with van der Waals surface area (Å²) < 4.78 is 25.5. The van der Waals surface area contributed by atoms with E-state index in [-0.39, 0.29) is 23.0 Å². The van der Waals surface area contributed by atoms with Crippen LogP contribution in [0.3, 0.4) is 0 Å². The molecule has 0 aromatic heterocycles. The quantitative estimate of drug-likeness (QED) is 0.505. The number of nitro groups is 1. The molecule has 0 aliphatic rings. The van der Waals surface area contributed by atoms with Crippen molar-refractivity contribution in [3.63, 3.8) is 0 Å². The highest BCUT2D eigenvalue weighted by Crippen LogP contribution is 2.27. The SMILES string of the molecule is O=[N+]([O-])c1ccc(Br)c(NS(=O)(=O)CCCl)c1. The van der Waals surface area contributed by atoms with Crippen LogP contribution in [0.5, 0.6) is 0 Å². The van der Waals surface area contributed by atoms with Gasteiger partial charge in [-0.1, -0.05) is 0 Å². The average Bonchev–Trinajstić information content (AvgIpc) is 2.20. The molecule has 0 heterocycles. The number of anilines is 1. The van der Waals surface area contributed by atoms with Gasteiger partial charge in [-0.05, 0) is 22.0 Å². The van der Waals surface area contributed by atoms with E-state index in [4.69, 9.17) is 11.6 Å². The number of nitrogens with one attached hydrogen (secondary N) is 1. The highest BCUT2D eigenvalue weighted by atomic mass is 79.9. The Morgan fingerprint density at radius 3 is 2.65 bits per heavy atom. The van der Waals surface area contributed by atoms with Crippen LogP contribution in [0.4, 0.5) is 11.4 Å². The molecule has 1 aromatic carbocycles. The van der Waals surface area contributed by atoms with Crippen LogP contribution in [-0.2, 0) is 10.0 Å². The number of hydrogen-bond donors (Lipinski definition) is 1. The van der Waals surface area contributed by atoms with Crippen LogP contribution in [-0.4, -0.2) is 25.0 Å². The molecule has 0 saturated carbocycles. The van der Waals surface area contributed by atoms with Crippen molar-refractivity contribution in [3.8, 4) is 0 Å². The highest BCUT2D eigenvalue weighted by Gasteiger charge is 2.15. The van der Waals surface area contributed by atoms with Crippen molar-refractivity contribution in [1.29, 1.82) is 0 Å². The summed E-state index contributed by atoms with van der Waals surface area (Å²) in [4.78, 5) is 9.94. The van der Waals surface area contributed by atoms with Gasteiger partial charge in [0.05, 0.1) is 16.4 Å². The smallest absolute Gasteiger partial charge is 0.271 e. The van der Waals surface area contributed by atoms with Gasteiger partial charge in [-0.15, -0.1) is 11.6 Å². The topological polar surface area (TPSA) is 89.3 Å². The number of alkyl halides is 1. The van der Waals surface area contributed by atoms with Gasteiger partial charge >= 0.3 is 0 Å². The molecule has 0 atom stereocenters. The van der Waals surface area contributed by atoms with Crippen LogP contribution in [0.2, 0.25) is 0 Å². The first-order chi connectivity index (χ1) is 7.85. The number of nitrogens with zero attached hydrogens (tertiary/aromatic N) is 1. The van der Waals surface area contributed by atoms with Crippen molar-refractivity contribution in [2.24, 2.45) is 0 Å². The van der Waals surface area contributed by atoms with Gasteiger partial charge in [-0.3, -0.25) is 14.8 Å². The number of halogens is 2. The van der Waals surface area contributed by atoms with E-state index in [1.807, 2.05) is 0 Å². The molecule has 9 heteroatoms. The lowest BCUT2D eigenvalue weighted by molar-refractivity contribution is -0.384. The van der Waals surface area contributed by atoms with Gasteiger partial charge in [-0.25, -0.2) is 8.42 Å². The number of hydrogen-bond acceptors (Lipinski definition) is 4. The first-order valence-corrected chi connectivity index (χ1v) is 7.34. The first kappa shape index (κ1) is 14.2. The fourth-order valence-corrected chi connectivity index (χ4v) is 2.92. The number of rotatable bonds is 5. The van der Waals surface area contributed by atoms with E-state index in [1.165, 1.54) is 12.1 Å². The molecule has 0 radical (unpaired) electrons. The van der Waals surface area contributed by atoms with E-state index >= 15 is 0 Å². The Balaban J connectivity index is 3.06. The molecule has 1 rings (SSSR count). The molecule has 0 saturated heterocycles. The third kappa shape index (κ3) is 4.14. The van der Waals surface area contributed by atoms with Gasteiger partial charge in [0.2, 0.25) is 10.0 Å². The third-order valence-corrected chi connectivity index (χ3v) is 4.15. The van der Waals surface area contributed by atoms with E-state index in [9.17, 15) is 18.5 Å². The molecule has 0 bridgehead atoms. The third-order valence-electron chi connectivity index (χ3n) is 1.77. The van der Waals surface area contributed by atoms with Crippen LogP contribution in [0.25, 0.3) is 0 Å². The normalized spacial score (nSPS) is 11.2. The van der Waals surface area contributed by atoms with Gasteiger partial charge in [0, 0.05) is 22.5 Å². The van der Waals surface area contributed by atoms with Gasteiger partial charge < -0.3 is 0 Å². The van der Waals surface area contributed by atoms with Crippen molar-refractivity contribution in [2.75, 3.05) is 16.4 Å². The molecule has 0 aliphatic heterocycles. The maximum absolute atomic E-state index is 11.4. The summed E-state index contributed by atoms with van der Waals surface area (Å²) in [5.74, 6) is -0.314. The molecule has 0 unspecified atom stereocenters. The molecular formula is C8H8BrClN2O4S. The van der Waals surface area contributed by atoms with Gasteiger partial charge in [0.1, 0.15) is 0 Å². The minimum Gasteiger partial charge on any atom is -0.282 e. The number of sulfonamides is 1. The Morgan fingerprint density at radius 1 is 1.47 bits per heavy atom. The second kappa shape index (κ2) is 5.65. The van der Waals surface area contributed by atoms with Crippen molar-refractivity contribution < 1.29 is 13.3 Å². The van der Waals surface area contributed by atoms with Gasteiger partial charge in [0.15, 0.2) is 0 Å². The average molecular weight is 344 g/mol. The molecule has 94 valence electrons. The minimum atomic E-state index is -3.58. The summed E-state index contributed by atoms with van der Waals surface area (Å²) in [7, 11) is -3.58. The van der Waals surface area contributed by atoms with E-state index in [0.717, 1.165) is 6.07 Å². The Kier molecular flexibility index (Phi) is 4.72. The fourth-order valence-electron chi connectivity index (χ4n) is 1.03. The Morgan fingerprint density at radius 2 is 2.12 bits per heavy atom. The standard InChI is InChI=1S/C8H8BrClN2O4S/c9-7-2-1-6(12(13)14)5-8(7)11-17(15,16)4-3-10/h1-2,5,11H,3-4H2. The minimum absolute atomic E-state index is 0.0537. The number of benzene rings is 1. The summed E-state index contributed by atoms with van der Waals surface area (Å²) in [5, 5.41) is 10.5.